The van der Waals surface area contributed by atoms with Gasteiger partial charge in [0.2, 0.25) is 0 Å². The molecule has 0 radical (unpaired) electrons. The number of carbonyl (C=O) groups excluding carboxylic acids is 7. The van der Waals surface area contributed by atoms with E-state index in [2.05, 4.69) is 233 Å². The molecule has 23 atom stereocenters. The Hall–Kier alpha value is -7.37. The summed E-state index contributed by atoms with van der Waals surface area (Å²) in [6, 6.07) is 32.1. The first-order valence-electron chi connectivity index (χ1n) is 49.5. The second kappa shape index (κ2) is 65.5. The van der Waals surface area contributed by atoms with Crippen molar-refractivity contribution in [2.75, 3.05) is 6.66 Å². The van der Waals surface area contributed by atoms with Gasteiger partial charge in [0.25, 0.3) is 0 Å². The van der Waals surface area contributed by atoms with Crippen LogP contribution in [-0.2, 0) is 61.7 Å². The van der Waals surface area contributed by atoms with Crippen LogP contribution in [0.25, 0.3) is 0 Å². The molecule has 0 spiro atoms. The minimum Gasteiger partial charge on any atom is -1.00 e. The van der Waals surface area contributed by atoms with Crippen LogP contribution < -0.4 is 60.6 Å². The normalized spacial score (nSPS) is 27.7. The van der Waals surface area contributed by atoms with E-state index in [-0.39, 0.29) is 171 Å². The molecule has 0 bridgehead atoms. The fourth-order valence-corrected chi connectivity index (χ4v) is 21.9. The van der Waals surface area contributed by atoms with Gasteiger partial charge in [-0.3, -0.25) is 9.59 Å². The van der Waals surface area contributed by atoms with Crippen molar-refractivity contribution in [1.82, 2.24) is 26.6 Å². The number of amides is 5. The summed E-state index contributed by atoms with van der Waals surface area (Å²) in [6.45, 7) is 81.1. The number of aldehydes is 1. The Kier molecular flexibility index (Phi) is 64.0. The van der Waals surface area contributed by atoms with Gasteiger partial charge >= 0.3 is 194 Å². The molecular formula is C114H189BrClMgN6O19P. The number of cyclic esters (lactones) is 1. The van der Waals surface area contributed by atoms with Crippen molar-refractivity contribution in [2.45, 2.75) is 424 Å². The quantitative estimate of drug-likeness (QED) is 0.00599. The molecule has 5 amide bonds. The molecule has 3 aromatic carbocycles. The molecular weight excluding hydrogens is 1930 g/mol. The molecule has 0 aliphatic carbocycles. The fourth-order valence-electron chi connectivity index (χ4n) is 16.2. The van der Waals surface area contributed by atoms with Crippen LogP contribution in [0.2, 0.25) is 0 Å². The molecule has 6 fully saturated rings. The van der Waals surface area contributed by atoms with Crippen molar-refractivity contribution in [3.63, 3.8) is 0 Å². The molecule has 3 aromatic rings. The minimum atomic E-state index is -2.56. The first-order valence-corrected chi connectivity index (χ1v) is 54.2. The van der Waals surface area contributed by atoms with Crippen LogP contribution in [0, 0.1) is 42.4 Å². The molecule has 143 heavy (non-hydrogen) atoms. The molecule has 25 nitrogen and oxygen atoms in total. The van der Waals surface area contributed by atoms with Gasteiger partial charge in [-0.05, 0) is 260 Å². The van der Waals surface area contributed by atoms with E-state index in [9.17, 15) is 38.7 Å². The average Bonchev–Trinajstić information content (AvgIpc) is 0.716. The second-order valence-corrected chi connectivity index (χ2v) is 52.9. The van der Waals surface area contributed by atoms with Gasteiger partial charge in [-0.25, -0.2) is 43.6 Å². The third-order valence-corrected chi connectivity index (χ3v) is 32.7. The van der Waals surface area contributed by atoms with Crippen LogP contribution >= 0.6 is 20.8 Å². The Morgan fingerprint density at radius 1 is 0.448 bits per heavy atom. The Balaban J connectivity index is -0.00000159. The Morgan fingerprint density at radius 2 is 0.713 bits per heavy atom. The zero-order valence-corrected chi connectivity index (χ0v) is 96.0. The molecule has 6 aliphatic heterocycles. The van der Waals surface area contributed by atoms with Crippen molar-refractivity contribution >= 4 is 102 Å². The predicted molar refractivity (Wildman–Crippen MR) is 591 cm³/mol. The maximum absolute atomic E-state index is 11.9. The van der Waals surface area contributed by atoms with Crippen LogP contribution in [-0.4, -0.2) is 209 Å². The van der Waals surface area contributed by atoms with Gasteiger partial charge in [0.1, 0.15) is 40.4 Å². The van der Waals surface area contributed by atoms with E-state index in [0.29, 0.717) is 49.0 Å². The largest absolute Gasteiger partial charge is 2.00 e. The van der Waals surface area contributed by atoms with Crippen molar-refractivity contribution in [2.24, 2.45) is 41.2 Å². The molecule has 29 heteroatoms. The summed E-state index contributed by atoms with van der Waals surface area (Å²) < 4.78 is 61.0. The SMILES string of the molecule is C.C.C/C(C=O)=C\C[C@@H]1O[C@H](C)[C@H](NC(=O)OC(C)(C)C)C[C@@H]1C.C=C/C(C)=C/C[C@@H]1O[C@H](C)[C@H](N)C[C@@H]1C.C=C/C(C)=C/C[C@@H]1O[C@H](C)[C@H](NC(=O)OC(C)(C)C)C[C@@H]1C.C=CCC1(O)O[C@H](C)C(NC(=O)OC(C)(C)C)C[C@@H]1C.C=CC[C@@H]1O[C@H](C)C(NC(=O)OC(C)(C)C)C[C@@H]1C.C=C[CH2-].CP(Br)(c1ccccc1)(c1ccccc1)c1ccccc1.C[C@H]1CC(NC(=O)OC(C)(C)C)[C@@H](C)OC1=O.[Cl-].[Mg+2]. The molecule has 0 saturated carbocycles. The van der Waals surface area contributed by atoms with Gasteiger partial charge < -0.3 is 102 Å². The Morgan fingerprint density at radius 3 is 0.986 bits per heavy atom. The molecule has 0 aromatic heterocycles. The van der Waals surface area contributed by atoms with E-state index >= 15 is 0 Å². The predicted octanol–water partition coefficient (Wildman–Crippen LogP) is 21.2. The first-order chi connectivity index (χ1) is 64.3. The molecule has 6 heterocycles. The molecule has 6 aliphatic rings. The molecule has 810 valence electrons. The van der Waals surface area contributed by atoms with Gasteiger partial charge in [-0.15, -0.1) is 13.2 Å². The van der Waals surface area contributed by atoms with E-state index in [0.717, 1.165) is 68.8 Å². The van der Waals surface area contributed by atoms with Gasteiger partial charge in [0.15, 0.2) is 5.79 Å². The third kappa shape index (κ3) is 52.4. The van der Waals surface area contributed by atoms with Crippen LogP contribution in [0.5, 0.6) is 0 Å². The summed E-state index contributed by atoms with van der Waals surface area (Å²) in [5, 5.41) is 26.2. The number of nitrogens with one attached hydrogen (secondary N) is 5. The van der Waals surface area contributed by atoms with E-state index in [1.165, 1.54) is 27.6 Å². The maximum Gasteiger partial charge on any atom is 2.00 e. The van der Waals surface area contributed by atoms with Crippen molar-refractivity contribution < 1.29 is 103 Å². The smallest absolute Gasteiger partial charge is 1.00 e. The van der Waals surface area contributed by atoms with Gasteiger partial charge in [-0.2, -0.15) is 0 Å². The molecule has 8 N–H and O–H groups in total. The average molecular weight is 2120 g/mol. The number of allylic oxidation sites excluding steroid dienone is 6. The first kappa shape index (κ1) is 140. The van der Waals surface area contributed by atoms with Crippen LogP contribution in [0.15, 0.2) is 189 Å². The number of esters is 1. The second-order valence-electron chi connectivity index (χ2n) is 43.2. The van der Waals surface area contributed by atoms with Gasteiger partial charge in [0.05, 0.1) is 91.1 Å². The van der Waals surface area contributed by atoms with Gasteiger partial charge in [-0.1, -0.05) is 123 Å². The number of benzene rings is 3. The van der Waals surface area contributed by atoms with Crippen LogP contribution in [0.4, 0.5) is 24.0 Å². The molecule has 4 unspecified atom stereocenters. The number of halogens is 2. The summed E-state index contributed by atoms with van der Waals surface area (Å²) in [6.07, 6.45) is 22.7. The Labute approximate surface area is 894 Å². The number of hydrogen-bond acceptors (Lipinski definition) is 20. The number of alkyl carbamates (subject to hydrolysis) is 5. The topological polar surface area (TPSA) is 327 Å². The van der Waals surface area contributed by atoms with E-state index in [1.807, 2.05) is 149 Å². The summed E-state index contributed by atoms with van der Waals surface area (Å²) >= 11 is 4.24. The number of rotatable bonds is 21. The van der Waals surface area contributed by atoms with Crippen LogP contribution in [0.3, 0.4) is 0 Å². The number of ether oxygens (including phenoxy) is 11. The zero-order valence-electron chi connectivity index (χ0n) is 91.4. The number of hydrogen-bond donors (Lipinski definition) is 7. The Bertz CT molecular complexity index is 4200. The monoisotopic (exact) mass is 2120 g/mol. The van der Waals surface area contributed by atoms with Crippen molar-refractivity contribution in [3.05, 3.63) is 196 Å². The van der Waals surface area contributed by atoms with E-state index in [1.54, 1.807) is 47.6 Å². The van der Waals surface area contributed by atoms with Gasteiger partial charge in [0, 0.05) is 18.4 Å². The molecule has 9 rings (SSSR count). The molecule has 6 saturated heterocycles. The summed E-state index contributed by atoms with van der Waals surface area (Å²) in [5.74, 6) is -0.0775. The summed E-state index contributed by atoms with van der Waals surface area (Å²) in [5.41, 5.74) is 6.54. The zero-order chi connectivity index (χ0) is 106. The minimum absolute atomic E-state index is 0. The number of nitrogens with two attached hydrogens (primary N) is 1. The summed E-state index contributed by atoms with van der Waals surface area (Å²) in [7, 11) is 0. The standard InChI is InChI=1S/C19H18BrP.C18H31NO3.C17H29NO4.C15H27NO4.C15H27NO3.C13H23NO.C12H21NO4.C3H5.2CH4.ClH.Mg/c1-21(20,17-11-5-2-6-12-17,18-13-7-3-8-14-18)19-15-9-4-10-16-19;1-8-12(2)9-10-16-13(3)11-15(14(4)21-16)19-17(20)22-18(5,6)7;1-11(10-19)7-8-15-12(2)9-14(13(3)21-15)18-16(20)22-17(4,5)6;1-7-8-15(18)10(2)9-12(11(3)19-15)16-13(17)20-14(4,5)6;1-7-8-13-10(2)9-12(11(3)18-13)16-14(17)19-15(4,5)6;1-5-9(2)6-7-13-10(3)8-12(14)11(4)15-13;1-7-6-9(8(2)16-10(7)14)13-11(15)17-12(3,4)5;1-3-2;;;;/h2-16H,1H3;8-9,13-16H,1,10-11H2,2-7H3,(H,19,20);7,10,12-15H,8-9H2,1-6H3,(H,18,20);7,10-12,18H,1,8-9H2,2-6H3,(H,16,17);7,10-13H,1,8-9H2,2-6H3,(H,16,17);5-6,10-13H,1,7-8,14H2,2-4H3;7-9H,6H2,1-5H3,(H,13,15);3H,1-2H2;2*1H4;1H;/q;;;;;;;-1;;;;+2/p-1/b;12-9+;11-7+;;;9-6+;;;;;;/t;13-,14+,15+,16-;12-,13+,14+,15-;10-,11+,12?,15?;10-,11+,12?,13-;10-,11+,12+,13-;7-,8+,9?;;;;;/m.000000...../s1. The third-order valence-electron chi connectivity index (χ3n) is 24.4. The van der Waals surface area contributed by atoms with E-state index < -0.39 is 57.4 Å². The summed E-state index contributed by atoms with van der Waals surface area (Å²) in [4.78, 5) is 80.9. The number of carbonyl (C=O) groups is 7. The van der Waals surface area contributed by atoms with Crippen molar-refractivity contribution in [1.29, 1.82) is 0 Å². The number of aliphatic hydroxyl groups is 1. The van der Waals surface area contributed by atoms with Crippen LogP contribution in [0.1, 0.15) is 293 Å². The van der Waals surface area contributed by atoms with E-state index in [4.69, 9.17) is 57.8 Å². The van der Waals surface area contributed by atoms with Crippen molar-refractivity contribution in [3.8, 4) is 0 Å². The fraction of sp³-hybridized carbons (Fsp3) is 0.632. The maximum atomic E-state index is 11.9.